The normalized spacial score (nSPS) is 30.9. The second-order valence-electron chi connectivity index (χ2n) is 6.81. The van der Waals surface area contributed by atoms with Crippen LogP contribution in [-0.2, 0) is 4.43 Å². The van der Waals surface area contributed by atoms with Crippen molar-refractivity contribution in [3.8, 4) is 0 Å². The van der Waals surface area contributed by atoms with Gasteiger partial charge in [0.25, 0.3) is 0 Å². The molecule has 1 aliphatic carbocycles. The van der Waals surface area contributed by atoms with Crippen molar-refractivity contribution in [2.24, 2.45) is 11.8 Å². The molecule has 0 spiro atoms. The minimum atomic E-state index is -1.81. The Morgan fingerprint density at radius 3 is 1.76 bits per heavy atom. The third-order valence-corrected chi connectivity index (χ3v) is 9.02. The first-order chi connectivity index (χ1) is 7.73. The average Bonchev–Trinajstić information content (AvgIpc) is 2.57. The Morgan fingerprint density at radius 1 is 1.06 bits per heavy atom. The number of aliphatic hydroxyl groups excluding tert-OH is 2. The third kappa shape index (κ3) is 3.31. The summed E-state index contributed by atoms with van der Waals surface area (Å²) in [4.78, 5) is 0. The van der Waals surface area contributed by atoms with Crippen LogP contribution in [0.4, 0.5) is 0 Å². The van der Waals surface area contributed by atoms with E-state index in [9.17, 15) is 10.2 Å². The summed E-state index contributed by atoms with van der Waals surface area (Å²) in [5, 5.41) is 19.0. The minimum absolute atomic E-state index is 0.0471. The van der Waals surface area contributed by atoms with Gasteiger partial charge in [-0.2, -0.15) is 0 Å². The fourth-order valence-corrected chi connectivity index (χ4v) is 3.66. The van der Waals surface area contributed by atoms with Crippen LogP contribution >= 0.6 is 0 Å². The van der Waals surface area contributed by atoms with E-state index in [4.69, 9.17) is 4.43 Å². The lowest BCUT2D eigenvalue weighted by Crippen LogP contribution is -2.47. The zero-order valence-corrected chi connectivity index (χ0v) is 12.9. The van der Waals surface area contributed by atoms with E-state index in [1.807, 2.05) is 0 Å². The van der Waals surface area contributed by atoms with Gasteiger partial charge in [0.15, 0.2) is 8.32 Å². The van der Waals surface area contributed by atoms with Crippen LogP contribution in [0, 0.1) is 11.8 Å². The van der Waals surface area contributed by atoms with E-state index in [2.05, 4.69) is 33.9 Å². The molecule has 0 aromatic rings. The van der Waals surface area contributed by atoms with E-state index in [0.717, 1.165) is 12.8 Å². The Bertz CT molecular complexity index is 236. The Balaban J connectivity index is 2.77. The maximum absolute atomic E-state index is 9.40. The molecule has 1 fully saturated rings. The van der Waals surface area contributed by atoms with Crippen LogP contribution in [0.1, 0.15) is 33.6 Å². The molecule has 1 saturated carbocycles. The molecule has 0 saturated heterocycles. The van der Waals surface area contributed by atoms with E-state index in [1.165, 1.54) is 0 Å². The van der Waals surface area contributed by atoms with Crippen LogP contribution in [0.25, 0.3) is 0 Å². The molecular weight excluding hydrogens is 232 g/mol. The van der Waals surface area contributed by atoms with E-state index in [1.54, 1.807) is 0 Å². The van der Waals surface area contributed by atoms with Crippen LogP contribution in [0.2, 0.25) is 18.1 Å². The molecular formula is C13H28O3Si. The van der Waals surface area contributed by atoms with Gasteiger partial charge in [0.05, 0.1) is 6.10 Å². The summed E-state index contributed by atoms with van der Waals surface area (Å²) in [7, 11) is -1.81. The number of aliphatic hydroxyl groups is 2. The fraction of sp³-hybridized carbons (Fsp3) is 1.00. The molecule has 17 heavy (non-hydrogen) atoms. The molecule has 0 aliphatic heterocycles. The van der Waals surface area contributed by atoms with Crippen LogP contribution in [0.5, 0.6) is 0 Å². The van der Waals surface area contributed by atoms with Crippen molar-refractivity contribution in [1.29, 1.82) is 0 Å². The van der Waals surface area contributed by atoms with Gasteiger partial charge >= 0.3 is 0 Å². The maximum Gasteiger partial charge on any atom is 0.192 e. The molecule has 1 aliphatic rings. The molecule has 0 radical (unpaired) electrons. The van der Waals surface area contributed by atoms with Crippen molar-refractivity contribution >= 4 is 8.32 Å². The van der Waals surface area contributed by atoms with E-state index < -0.39 is 8.32 Å². The van der Waals surface area contributed by atoms with Gasteiger partial charge in [-0.3, -0.25) is 0 Å². The van der Waals surface area contributed by atoms with Crippen molar-refractivity contribution in [2.75, 3.05) is 13.2 Å². The predicted molar refractivity (Wildman–Crippen MR) is 72.5 cm³/mol. The van der Waals surface area contributed by atoms with Crippen LogP contribution in [0.3, 0.4) is 0 Å². The summed E-state index contributed by atoms with van der Waals surface area (Å²) in [6, 6.07) is 0. The quantitative estimate of drug-likeness (QED) is 0.763. The first-order valence-electron chi connectivity index (χ1n) is 6.62. The zero-order chi connectivity index (χ0) is 13.3. The average molecular weight is 260 g/mol. The minimum Gasteiger partial charge on any atom is -0.413 e. The molecule has 0 aromatic heterocycles. The van der Waals surface area contributed by atoms with E-state index >= 15 is 0 Å². The highest BCUT2D eigenvalue weighted by molar-refractivity contribution is 6.74. The van der Waals surface area contributed by atoms with Crippen molar-refractivity contribution in [1.82, 2.24) is 0 Å². The standard InChI is InChI=1S/C13H28O3Si/c1-13(2,3)17(4,5)16-12-10(8-14)6-7-11(12)9-15/h10-12,14-15H,6-9H2,1-5H3/t10-,11+,12?. The molecule has 0 aromatic carbocycles. The van der Waals surface area contributed by atoms with E-state index in [-0.39, 0.29) is 36.2 Å². The molecule has 2 N–H and O–H groups in total. The first kappa shape index (κ1) is 15.2. The lowest BCUT2D eigenvalue weighted by Gasteiger charge is -2.41. The van der Waals surface area contributed by atoms with Gasteiger partial charge in [-0.05, 0) is 31.0 Å². The molecule has 0 bridgehead atoms. The Hall–Kier alpha value is 0.0969. The molecule has 3 nitrogen and oxygen atoms in total. The lowest BCUT2D eigenvalue weighted by atomic mass is 10.0. The molecule has 3 atom stereocenters. The highest BCUT2D eigenvalue weighted by Gasteiger charge is 2.44. The van der Waals surface area contributed by atoms with Crippen LogP contribution in [-0.4, -0.2) is 37.8 Å². The van der Waals surface area contributed by atoms with Crippen molar-refractivity contribution in [3.63, 3.8) is 0 Å². The first-order valence-corrected chi connectivity index (χ1v) is 9.53. The molecule has 1 unspecified atom stereocenters. The molecule has 4 heteroatoms. The van der Waals surface area contributed by atoms with Gasteiger partial charge < -0.3 is 14.6 Å². The topological polar surface area (TPSA) is 49.7 Å². The fourth-order valence-electron chi connectivity index (χ4n) is 2.24. The van der Waals surface area contributed by atoms with Crippen LogP contribution < -0.4 is 0 Å². The van der Waals surface area contributed by atoms with Gasteiger partial charge in [0.2, 0.25) is 0 Å². The molecule has 0 amide bonds. The maximum atomic E-state index is 9.40. The van der Waals surface area contributed by atoms with Crippen molar-refractivity contribution < 1.29 is 14.6 Å². The summed E-state index contributed by atoms with van der Waals surface area (Å²) in [5.74, 6) is 0.419. The SMILES string of the molecule is CC(C)(C)[Si](C)(C)OC1[C@H](CO)CC[C@@H]1CO. The summed E-state index contributed by atoms with van der Waals surface area (Å²) in [5.41, 5.74) is 0. The Morgan fingerprint density at radius 2 is 1.47 bits per heavy atom. The Labute approximate surface area is 106 Å². The van der Waals surface area contributed by atoms with Gasteiger partial charge in [-0.25, -0.2) is 0 Å². The second-order valence-corrected chi connectivity index (χ2v) is 11.6. The number of hydrogen-bond acceptors (Lipinski definition) is 3. The molecule has 102 valence electrons. The highest BCUT2D eigenvalue weighted by Crippen LogP contribution is 2.42. The highest BCUT2D eigenvalue weighted by atomic mass is 28.4. The van der Waals surface area contributed by atoms with Gasteiger partial charge in [-0.15, -0.1) is 0 Å². The van der Waals surface area contributed by atoms with Gasteiger partial charge in [0, 0.05) is 25.0 Å². The van der Waals surface area contributed by atoms with Gasteiger partial charge in [0.1, 0.15) is 0 Å². The van der Waals surface area contributed by atoms with Gasteiger partial charge in [-0.1, -0.05) is 20.8 Å². The second kappa shape index (κ2) is 5.39. The summed E-state index contributed by atoms with van der Waals surface area (Å²) < 4.78 is 6.39. The number of rotatable bonds is 4. The largest absolute Gasteiger partial charge is 0.413 e. The van der Waals surface area contributed by atoms with E-state index in [0.29, 0.717) is 0 Å². The van der Waals surface area contributed by atoms with Crippen molar-refractivity contribution in [3.05, 3.63) is 0 Å². The molecule has 0 heterocycles. The number of hydrogen-bond donors (Lipinski definition) is 2. The summed E-state index contributed by atoms with van der Waals surface area (Å²) >= 11 is 0. The smallest absolute Gasteiger partial charge is 0.192 e. The monoisotopic (exact) mass is 260 g/mol. The lowest BCUT2D eigenvalue weighted by molar-refractivity contribution is 0.0485. The molecule has 1 rings (SSSR count). The predicted octanol–water partition coefficient (Wildman–Crippen LogP) is 2.39. The third-order valence-electron chi connectivity index (χ3n) is 4.54. The summed E-state index contributed by atoms with van der Waals surface area (Å²) in [6.45, 7) is 11.5. The Kier molecular flexibility index (Phi) is 4.80. The zero-order valence-electron chi connectivity index (χ0n) is 11.9. The van der Waals surface area contributed by atoms with Crippen LogP contribution in [0.15, 0.2) is 0 Å². The van der Waals surface area contributed by atoms with Crippen molar-refractivity contribution in [2.45, 2.75) is 57.8 Å². The summed E-state index contributed by atoms with van der Waals surface area (Å²) in [6.07, 6.45) is 1.99.